The second kappa shape index (κ2) is 7.40. The molecule has 1 amide bonds. The molecule has 5 rings (SSSR count). The molecule has 0 aliphatic carbocycles. The van der Waals surface area contributed by atoms with E-state index in [4.69, 9.17) is 0 Å². The Morgan fingerprint density at radius 1 is 1.09 bits per heavy atom. The summed E-state index contributed by atoms with van der Waals surface area (Å²) in [7, 11) is 0. The first-order valence-electron chi connectivity index (χ1n) is 9.66. The molecule has 2 aromatic heterocycles. The maximum absolute atomic E-state index is 13.2. The van der Waals surface area contributed by atoms with E-state index in [-0.39, 0.29) is 34.7 Å². The van der Waals surface area contributed by atoms with Gasteiger partial charge in [0.2, 0.25) is 5.95 Å². The Morgan fingerprint density at radius 3 is 2.58 bits per heavy atom. The monoisotopic (exact) mass is 455 g/mol. The van der Waals surface area contributed by atoms with Crippen molar-refractivity contribution in [3.05, 3.63) is 93.7 Å². The Morgan fingerprint density at radius 2 is 1.85 bits per heavy atom. The van der Waals surface area contributed by atoms with E-state index in [0.717, 1.165) is 24.3 Å². The molecule has 0 spiro atoms. The highest BCUT2D eigenvalue weighted by Crippen LogP contribution is 2.33. The van der Waals surface area contributed by atoms with E-state index in [1.54, 1.807) is 6.08 Å². The number of nitrogens with one attached hydrogen (secondary N) is 1. The number of nitrogens with zero attached hydrogens (tertiary/aromatic N) is 4. The zero-order valence-corrected chi connectivity index (χ0v) is 16.6. The van der Waals surface area contributed by atoms with Crippen molar-refractivity contribution in [1.82, 2.24) is 19.3 Å². The summed E-state index contributed by atoms with van der Waals surface area (Å²) in [6.45, 7) is 0.111. The molecule has 33 heavy (non-hydrogen) atoms. The Labute approximate surface area is 182 Å². The fourth-order valence-corrected chi connectivity index (χ4v) is 3.65. The number of aromatic nitrogens is 4. The molecule has 7 nitrogen and oxygen atoms in total. The zero-order valence-electron chi connectivity index (χ0n) is 16.6. The number of carbonyl (C=O) groups excluding carboxylic acids is 1. The van der Waals surface area contributed by atoms with Gasteiger partial charge in [0.1, 0.15) is 11.2 Å². The largest absolute Gasteiger partial charge is 0.416 e. The SMILES string of the molecule is O=C(Nc1nc(=O)c2cnn3c2n1CC=C3c1cccc(C(F)(F)F)c1)c1ccc(F)cc1. The molecule has 0 fully saturated rings. The lowest BCUT2D eigenvalue weighted by Gasteiger charge is -2.21. The Balaban J connectivity index is 1.58. The molecule has 3 heterocycles. The molecular formula is C22H13F4N5O2. The normalized spacial score (nSPS) is 13.2. The van der Waals surface area contributed by atoms with Crippen molar-refractivity contribution in [3.63, 3.8) is 0 Å². The molecule has 4 aromatic rings. The highest BCUT2D eigenvalue weighted by Gasteiger charge is 2.31. The number of benzene rings is 2. The number of amides is 1. The molecule has 1 aliphatic heterocycles. The summed E-state index contributed by atoms with van der Waals surface area (Å²) in [6, 6.07) is 9.61. The number of rotatable bonds is 3. The molecule has 0 atom stereocenters. The maximum Gasteiger partial charge on any atom is 0.416 e. The zero-order chi connectivity index (χ0) is 23.3. The Bertz CT molecular complexity index is 1500. The van der Waals surface area contributed by atoms with E-state index in [9.17, 15) is 27.2 Å². The van der Waals surface area contributed by atoms with Gasteiger partial charge in [-0.3, -0.25) is 19.5 Å². The van der Waals surface area contributed by atoms with E-state index >= 15 is 0 Å². The van der Waals surface area contributed by atoms with Gasteiger partial charge in [-0.1, -0.05) is 12.1 Å². The third-order valence-corrected chi connectivity index (χ3v) is 5.21. The van der Waals surface area contributed by atoms with E-state index in [1.807, 2.05) is 0 Å². The van der Waals surface area contributed by atoms with Gasteiger partial charge in [-0.2, -0.15) is 23.3 Å². The molecule has 0 radical (unpaired) electrons. The number of alkyl halides is 3. The highest BCUT2D eigenvalue weighted by molar-refractivity contribution is 6.03. The van der Waals surface area contributed by atoms with Crippen LogP contribution in [0.25, 0.3) is 16.7 Å². The first-order valence-corrected chi connectivity index (χ1v) is 9.66. The Hall–Kier alpha value is -4.28. The fraction of sp³-hybridized carbons (Fsp3) is 0.0909. The molecule has 2 aromatic carbocycles. The molecule has 0 saturated carbocycles. The van der Waals surface area contributed by atoms with E-state index in [1.165, 1.54) is 39.7 Å². The fourth-order valence-electron chi connectivity index (χ4n) is 3.65. The van der Waals surface area contributed by atoms with Gasteiger partial charge in [0.25, 0.3) is 11.5 Å². The topological polar surface area (TPSA) is 81.8 Å². The summed E-state index contributed by atoms with van der Waals surface area (Å²) >= 11 is 0. The van der Waals surface area contributed by atoms with Crippen LogP contribution < -0.4 is 10.9 Å². The second-order valence-corrected chi connectivity index (χ2v) is 7.27. The van der Waals surface area contributed by atoms with Crippen molar-refractivity contribution in [2.75, 3.05) is 5.32 Å². The average Bonchev–Trinajstić information content (AvgIpc) is 3.23. The lowest BCUT2D eigenvalue weighted by Crippen LogP contribution is -2.25. The molecule has 166 valence electrons. The second-order valence-electron chi connectivity index (χ2n) is 7.27. The summed E-state index contributed by atoms with van der Waals surface area (Å²) in [6.07, 6.45) is -1.62. The Kier molecular flexibility index (Phi) is 4.62. The van der Waals surface area contributed by atoms with Gasteiger partial charge in [0, 0.05) is 17.7 Å². The van der Waals surface area contributed by atoms with Gasteiger partial charge in [-0.25, -0.2) is 9.07 Å². The summed E-state index contributed by atoms with van der Waals surface area (Å²) < 4.78 is 55.5. The van der Waals surface area contributed by atoms with Gasteiger partial charge < -0.3 is 0 Å². The third-order valence-electron chi connectivity index (χ3n) is 5.21. The number of hydrogen-bond acceptors (Lipinski definition) is 4. The van der Waals surface area contributed by atoms with Crippen molar-refractivity contribution in [1.29, 1.82) is 0 Å². The van der Waals surface area contributed by atoms with Crippen molar-refractivity contribution >= 4 is 28.6 Å². The average molecular weight is 455 g/mol. The summed E-state index contributed by atoms with van der Waals surface area (Å²) in [4.78, 5) is 29.0. The predicted octanol–water partition coefficient (Wildman–Crippen LogP) is 3.91. The van der Waals surface area contributed by atoms with Crippen LogP contribution in [0.3, 0.4) is 0 Å². The van der Waals surface area contributed by atoms with Crippen LogP contribution in [0.4, 0.5) is 23.5 Å². The molecule has 1 aliphatic rings. The molecule has 0 unspecified atom stereocenters. The van der Waals surface area contributed by atoms with Crippen LogP contribution in [0.1, 0.15) is 21.5 Å². The van der Waals surface area contributed by atoms with Crippen molar-refractivity contribution in [2.24, 2.45) is 0 Å². The van der Waals surface area contributed by atoms with Crippen LogP contribution in [0.5, 0.6) is 0 Å². The molecule has 11 heteroatoms. The van der Waals surface area contributed by atoms with Crippen molar-refractivity contribution in [2.45, 2.75) is 12.7 Å². The van der Waals surface area contributed by atoms with Crippen LogP contribution >= 0.6 is 0 Å². The van der Waals surface area contributed by atoms with Crippen LogP contribution in [0.15, 0.2) is 65.6 Å². The number of hydrogen-bond donors (Lipinski definition) is 1. The lowest BCUT2D eigenvalue weighted by molar-refractivity contribution is -0.137. The van der Waals surface area contributed by atoms with Gasteiger partial charge in [0.05, 0.1) is 17.5 Å². The quantitative estimate of drug-likeness (QED) is 0.475. The predicted molar refractivity (Wildman–Crippen MR) is 111 cm³/mol. The number of halogens is 4. The van der Waals surface area contributed by atoms with Gasteiger partial charge in [-0.15, -0.1) is 0 Å². The first kappa shape index (κ1) is 20.6. The van der Waals surface area contributed by atoms with Crippen molar-refractivity contribution in [3.8, 4) is 0 Å². The number of anilines is 1. The molecule has 0 bridgehead atoms. The summed E-state index contributed by atoms with van der Waals surface area (Å²) in [5.41, 5.74) is -0.413. The third kappa shape index (κ3) is 3.56. The summed E-state index contributed by atoms with van der Waals surface area (Å²) in [5.74, 6) is -1.18. The standard InChI is InChI=1S/C22H13F4N5O2/c23-15-6-4-12(5-7-15)18(32)28-21-29-19(33)16-11-27-31-17(8-9-30(21)20(16)31)13-2-1-3-14(10-13)22(24,25)26/h1-8,10-11H,9H2,(H,28,29,32,33). The molecule has 1 N–H and O–H groups in total. The maximum atomic E-state index is 13.2. The van der Waals surface area contributed by atoms with E-state index in [0.29, 0.717) is 5.70 Å². The lowest BCUT2D eigenvalue weighted by atomic mass is 10.1. The van der Waals surface area contributed by atoms with Crippen LogP contribution in [-0.2, 0) is 12.7 Å². The van der Waals surface area contributed by atoms with E-state index < -0.39 is 29.0 Å². The van der Waals surface area contributed by atoms with Crippen molar-refractivity contribution < 1.29 is 22.4 Å². The van der Waals surface area contributed by atoms with Crippen LogP contribution in [0.2, 0.25) is 0 Å². The van der Waals surface area contributed by atoms with Crippen LogP contribution in [0, 0.1) is 5.82 Å². The van der Waals surface area contributed by atoms with Gasteiger partial charge in [0.15, 0.2) is 5.65 Å². The number of allylic oxidation sites excluding steroid dienone is 1. The molecule has 0 saturated heterocycles. The minimum Gasteiger partial charge on any atom is -0.292 e. The van der Waals surface area contributed by atoms with Gasteiger partial charge in [-0.05, 0) is 42.5 Å². The molecular weight excluding hydrogens is 442 g/mol. The summed E-state index contributed by atoms with van der Waals surface area (Å²) in [5, 5.41) is 6.86. The van der Waals surface area contributed by atoms with E-state index in [2.05, 4.69) is 15.4 Å². The minimum absolute atomic E-state index is 0.0667. The van der Waals surface area contributed by atoms with Gasteiger partial charge >= 0.3 is 6.18 Å². The number of carbonyl (C=O) groups is 1. The first-order chi connectivity index (χ1) is 15.7. The smallest absolute Gasteiger partial charge is 0.292 e. The highest BCUT2D eigenvalue weighted by atomic mass is 19.4. The minimum atomic E-state index is -4.51. The van der Waals surface area contributed by atoms with Crippen LogP contribution in [-0.4, -0.2) is 25.2 Å².